The number of amides is 1. The number of aryl methyl sites for hydroxylation is 1. The van der Waals surface area contributed by atoms with Gasteiger partial charge in [0.05, 0.1) is 11.4 Å². The van der Waals surface area contributed by atoms with Crippen molar-refractivity contribution in [2.75, 3.05) is 17.2 Å². The van der Waals surface area contributed by atoms with Crippen LogP contribution in [0.3, 0.4) is 0 Å². The van der Waals surface area contributed by atoms with Crippen LogP contribution in [-0.4, -0.2) is 12.5 Å². The summed E-state index contributed by atoms with van der Waals surface area (Å²) in [4.78, 5) is 14.0. The molecule has 1 aromatic rings. The lowest BCUT2D eigenvalue weighted by molar-refractivity contribution is -0.121. The first kappa shape index (κ1) is 12.4. The van der Waals surface area contributed by atoms with Crippen molar-refractivity contribution in [2.24, 2.45) is 5.92 Å². The summed E-state index contributed by atoms with van der Waals surface area (Å²) in [5.41, 5.74) is 8.81. The Morgan fingerprint density at radius 2 is 2.18 bits per heavy atom. The minimum atomic E-state index is 0.00370. The molecule has 0 saturated carbocycles. The van der Waals surface area contributed by atoms with E-state index >= 15 is 0 Å². The third-order valence-corrected chi connectivity index (χ3v) is 3.50. The number of hydrogen-bond donors (Lipinski definition) is 1. The lowest BCUT2D eigenvalue weighted by Crippen LogP contribution is -2.38. The van der Waals surface area contributed by atoms with Crippen LogP contribution in [0.2, 0.25) is 0 Å². The van der Waals surface area contributed by atoms with Gasteiger partial charge < -0.3 is 10.6 Å². The van der Waals surface area contributed by atoms with Crippen molar-refractivity contribution in [3.05, 3.63) is 22.2 Å². The first-order valence-corrected chi connectivity index (χ1v) is 6.69. The summed E-state index contributed by atoms with van der Waals surface area (Å²) >= 11 is 3.44. The number of nitrogens with zero attached hydrogens (tertiary/aromatic N) is 1. The first-order valence-electron chi connectivity index (χ1n) is 5.90. The largest absolute Gasteiger partial charge is 0.397 e. The number of rotatable bonds is 1. The third kappa shape index (κ3) is 2.32. The number of hydrogen-bond acceptors (Lipinski definition) is 2. The van der Waals surface area contributed by atoms with Gasteiger partial charge in [0.2, 0.25) is 5.91 Å². The van der Waals surface area contributed by atoms with Crippen LogP contribution in [0.5, 0.6) is 0 Å². The zero-order chi connectivity index (χ0) is 12.6. The minimum Gasteiger partial charge on any atom is -0.397 e. The Kier molecular flexibility index (Phi) is 3.43. The quantitative estimate of drug-likeness (QED) is 0.810. The van der Waals surface area contributed by atoms with Crippen molar-refractivity contribution in [3.63, 3.8) is 0 Å². The fourth-order valence-corrected chi connectivity index (χ4v) is 2.79. The fraction of sp³-hybridized carbons (Fsp3) is 0.462. The summed E-state index contributed by atoms with van der Waals surface area (Å²) in [6.45, 7) is 4.62. The van der Waals surface area contributed by atoms with Crippen LogP contribution in [0.15, 0.2) is 16.6 Å². The van der Waals surface area contributed by atoms with Gasteiger partial charge in [-0.1, -0.05) is 29.8 Å². The topological polar surface area (TPSA) is 46.3 Å². The summed E-state index contributed by atoms with van der Waals surface area (Å²) < 4.78 is 0.979. The minimum absolute atomic E-state index is 0.00370. The van der Waals surface area contributed by atoms with E-state index in [1.807, 2.05) is 24.8 Å². The van der Waals surface area contributed by atoms with Gasteiger partial charge in [0.15, 0.2) is 0 Å². The molecule has 3 nitrogen and oxygen atoms in total. The molecule has 1 heterocycles. The van der Waals surface area contributed by atoms with Crippen LogP contribution in [0, 0.1) is 5.92 Å². The van der Waals surface area contributed by atoms with Gasteiger partial charge in [-0.05, 0) is 30.5 Å². The second kappa shape index (κ2) is 4.69. The number of anilines is 2. The van der Waals surface area contributed by atoms with Crippen molar-refractivity contribution in [2.45, 2.75) is 26.7 Å². The highest BCUT2D eigenvalue weighted by Crippen LogP contribution is 2.36. The number of fused-ring (bicyclic) bond motifs is 1. The molecule has 2 rings (SSSR count). The molecular weight excluding hydrogens is 280 g/mol. The van der Waals surface area contributed by atoms with E-state index in [1.54, 1.807) is 0 Å². The van der Waals surface area contributed by atoms with Crippen LogP contribution in [0.25, 0.3) is 0 Å². The van der Waals surface area contributed by atoms with Crippen LogP contribution >= 0.6 is 15.9 Å². The fourth-order valence-electron chi connectivity index (χ4n) is 2.27. The molecule has 0 atom stereocenters. The number of halogens is 1. The Hall–Kier alpha value is -1.03. The molecular formula is C13H17BrN2O. The van der Waals surface area contributed by atoms with Gasteiger partial charge in [-0.3, -0.25) is 4.79 Å². The Bertz CT molecular complexity index is 457. The average molecular weight is 297 g/mol. The van der Waals surface area contributed by atoms with Gasteiger partial charge in [0.25, 0.3) is 0 Å². The normalized spacial score (nSPS) is 14.9. The zero-order valence-electron chi connectivity index (χ0n) is 10.2. The van der Waals surface area contributed by atoms with E-state index in [2.05, 4.69) is 22.0 Å². The van der Waals surface area contributed by atoms with E-state index in [1.165, 1.54) is 0 Å². The van der Waals surface area contributed by atoms with Gasteiger partial charge in [0, 0.05) is 16.9 Å². The summed E-state index contributed by atoms with van der Waals surface area (Å²) in [5.74, 6) is 0.156. The maximum atomic E-state index is 12.2. The maximum absolute atomic E-state index is 12.2. The zero-order valence-corrected chi connectivity index (χ0v) is 11.8. The average Bonchev–Trinajstić information content (AvgIpc) is 2.26. The molecule has 1 aliphatic rings. The standard InChI is InChI=1S/C13H17BrN2O/c1-8(2)13(17)16-5-3-4-9-6-10(14)7-11(15)12(9)16/h6-8H,3-5,15H2,1-2H3. The number of nitrogen functional groups attached to an aromatic ring is 1. The molecule has 0 radical (unpaired) electrons. The lowest BCUT2D eigenvalue weighted by Gasteiger charge is -2.32. The monoisotopic (exact) mass is 296 g/mol. The van der Waals surface area contributed by atoms with Crippen molar-refractivity contribution >= 4 is 33.2 Å². The predicted molar refractivity (Wildman–Crippen MR) is 74.1 cm³/mol. The second-order valence-corrected chi connectivity index (χ2v) is 5.67. The van der Waals surface area contributed by atoms with E-state index in [4.69, 9.17) is 5.73 Å². The number of carbonyl (C=O) groups is 1. The predicted octanol–water partition coefficient (Wildman–Crippen LogP) is 2.97. The Balaban J connectivity index is 2.47. The van der Waals surface area contributed by atoms with Crippen molar-refractivity contribution in [1.82, 2.24) is 0 Å². The van der Waals surface area contributed by atoms with Gasteiger partial charge in [-0.2, -0.15) is 0 Å². The smallest absolute Gasteiger partial charge is 0.229 e. The summed E-state index contributed by atoms with van der Waals surface area (Å²) in [5, 5.41) is 0. The first-order chi connectivity index (χ1) is 8.00. The molecule has 1 amide bonds. The molecule has 1 aliphatic heterocycles. The molecule has 0 unspecified atom stereocenters. The van der Waals surface area contributed by atoms with E-state index in [0.717, 1.165) is 35.1 Å². The van der Waals surface area contributed by atoms with Crippen molar-refractivity contribution < 1.29 is 4.79 Å². The highest BCUT2D eigenvalue weighted by Gasteiger charge is 2.26. The molecule has 0 bridgehead atoms. The van der Waals surface area contributed by atoms with Gasteiger partial charge >= 0.3 is 0 Å². The van der Waals surface area contributed by atoms with Gasteiger partial charge in [-0.25, -0.2) is 0 Å². The molecule has 17 heavy (non-hydrogen) atoms. The molecule has 0 aliphatic carbocycles. The molecule has 1 aromatic carbocycles. The molecule has 0 spiro atoms. The summed E-state index contributed by atoms with van der Waals surface area (Å²) in [6, 6.07) is 3.93. The Morgan fingerprint density at radius 3 is 2.82 bits per heavy atom. The maximum Gasteiger partial charge on any atom is 0.229 e. The van der Waals surface area contributed by atoms with Gasteiger partial charge in [-0.15, -0.1) is 0 Å². The molecule has 2 N–H and O–H groups in total. The molecule has 4 heteroatoms. The van der Waals surface area contributed by atoms with Crippen LogP contribution in [0.1, 0.15) is 25.8 Å². The highest BCUT2D eigenvalue weighted by atomic mass is 79.9. The third-order valence-electron chi connectivity index (χ3n) is 3.04. The van der Waals surface area contributed by atoms with Crippen LogP contribution in [0.4, 0.5) is 11.4 Å². The van der Waals surface area contributed by atoms with E-state index in [9.17, 15) is 4.79 Å². The van der Waals surface area contributed by atoms with Gasteiger partial charge in [0.1, 0.15) is 0 Å². The Labute approximate surface area is 110 Å². The Morgan fingerprint density at radius 1 is 1.47 bits per heavy atom. The molecule has 0 aromatic heterocycles. The van der Waals surface area contributed by atoms with Crippen LogP contribution in [-0.2, 0) is 11.2 Å². The van der Waals surface area contributed by atoms with Crippen molar-refractivity contribution in [3.8, 4) is 0 Å². The molecule has 0 fully saturated rings. The number of carbonyl (C=O) groups excluding carboxylic acids is 1. The van der Waals surface area contributed by atoms with E-state index in [0.29, 0.717) is 5.69 Å². The second-order valence-electron chi connectivity index (χ2n) is 4.75. The lowest BCUT2D eigenvalue weighted by atomic mass is 9.99. The summed E-state index contributed by atoms with van der Waals surface area (Å²) in [7, 11) is 0. The van der Waals surface area contributed by atoms with Crippen LogP contribution < -0.4 is 10.6 Å². The summed E-state index contributed by atoms with van der Waals surface area (Å²) in [6.07, 6.45) is 1.99. The van der Waals surface area contributed by atoms with Crippen molar-refractivity contribution in [1.29, 1.82) is 0 Å². The SMILES string of the molecule is CC(C)C(=O)N1CCCc2cc(Br)cc(N)c21. The molecule has 0 saturated heterocycles. The van der Waals surface area contributed by atoms with E-state index in [-0.39, 0.29) is 11.8 Å². The number of nitrogens with two attached hydrogens (primary N) is 1. The van der Waals surface area contributed by atoms with E-state index < -0.39 is 0 Å². The molecule has 92 valence electrons. The number of benzene rings is 1. The highest BCUT2D eigenvalue weighted by molar-refractivity contribution is 9.10.